The molecule has 5 heteroatoms. The molecule has 0 spiro atoms. The molecule has 132 valence electrons. The van der Waals surface area contributed by atoms with Crippen molar-refractivity contribution in [1.29, 1.82) is 0 Å². The summed E-state index contributed by atoms with van der Waals surface area (Å²) in [7, 11) is 0. The van der Waals surface area contributed by atoms with Crippen molar-refractivity contribution in [2.45, 2.75) is 44.6 Å². The molecule has 0 bridgehead atoms. The van der Waals surface area contributed by atoms with Crippen LogP contribution in [0.2, 0.25) is 0 Å². The minimum Gasteiger partial charge on any atom is -0.379 e. The maximum atomic E-state index is 12.1. The lowest BCUT2D eigenvalue weighted by Gasteiger charge is -2.26. The lowest BCUT2D eigenvalue weighted by molar-refractivity contribution is 0.172. The standard InChI is InChI=1S/C19H29N3O2/c1-19(10-14-24-15-19)21-18(23)20-17-7-5-16(6-8-17)9-13-22-11-3-2-4-12-22/h5-8H,2-4,9-15H2,1H3,(H2,20,21,23)/t19-/m0/s1. The summed E-state index contributed by atoms with van der Waals surface area (Å²) in [6.07, 6.45) is 5.98. The molecule has 0 aliphatic carbocycles. The van der Waals surface area contributed by atoms with Crippen molar-refractivity contribution in [1.82, 2.24) is 10.2 Å². The van der Waals surface area contributed by atoms with Gasteiger partial charge in [0.2, 0.25) is 0 Å². The van der Waals surface area contributed by atoms with Crippen LogP contribution in [0.4, 0.5) is 10.5 Å². The van der Waals surface area contributed by atoms with Gasteiger partial charge in [0.15, 0.2) is 0 Å². The first-order valence-electron chi connectivity index (χ1n) is 9.11. The lowest BCUT2D eigenvalue weighted by Crippen LogP contribution is -2.48. The monoisotopic (exact) mass is 331 g/mol. The third-order valence-corrected chi connectivity index (χ3v) is 5.01. The molecule has 2 N–H and O–H groups in total. The van der Waals surface area contributed by atoms with Gasteiger partial charge in [-0.05, 0) is 63.4 Å². The van der Waals surface area contributed by atoms with Crippen molar-refractivity contribution in [3.8, 4) is 0 Å². The van der Waals surface area contributed by atoms with E-state index in [4.69, 9.17) is 4.74 Å². The minimum atomic E-state index is -0.252. The van der Waals surface area contributed by atoms with Crippen molar-refractivity contribution in [2.75, 3.05) is 38.2 Å². The molecule has 3 rings (SSSR count). The number of hydrogen-bond donors (Lipinski definition) is 2. The molecule has 5 nitrogen and oxygen atoms in total. The van der Waals surface area contributed by atoms with Crippen LogP contribution in [0.3, 0.4) is 0 Å². The predicted octanol–water partition coefficient (Wildman–Crippen LogP) is 3.02. The van der Waals surface area contributed by atoms with Gasteiger partial charge in [-0.15, -0.1) is 0 Å². The topological polar surface area (TPSA) is 53.6 Å². The van der Waals surface area contributed by atoms with E-state index >= 15 is 0 Å². The number of carbonyl (C=O) groups is 1. The van der Waals surface area contributed by atoms with Crippen LogP contribution >= 0.6 is 0 Å². The summed E-state index contributed by atoms with van der Waals surface area (Å²) in [4.78, 5) is 14.7. The second-order valence-electron chi connectivity index (χ2n) is 7.29. The second kappa shape index (κ2) is 7.99. The summed E-state index contributed by atoms with van der Waals surface area (Å²) >= 11 is 0. The summed E-state index contributed by atoms with van der Waals surface area (Å²) in [6, 6.07) is 8.03. The molecular formula is C19H29N3O2. The molecular weight excluding hydrogens is 302 g/mol. The van der Waals surface area contributed by atoms with Gasteiger partial charge < -0.3 is 20.3 Å². The van der Waals surface area contributed by atoms with Crippen LogP contribution in [0.25, 0.3) is 0 Å². The maximum Gasteiger partial charge on any atom is 0.319 e. The Bertz CT molecular complexity index is 532. The van der Waals surface area contributed by atoms with E-state index in [2.05, 4.69) is 27.7 Å². The smallest absolute Gasteiger partial charge is 0.319 e. The van der Waals surface area contributed by atoms with Gasteiger partial charge in [0.1, 0.15) is 0 Å². The fourth-order valence-corrected chi connectivity index (χ4v) is 3.43. The number of piperidine rings is 1. The largest absolute Gasteiger partial charge is 0.379 e. The second-order valence-corrected chi connectivity index (χ2v) is 7.29. The number of anilines is 1. The van der Waals surface area contributed by atoms with Gasteiger partial charge >= 0.3 is 6.03 Å². The van der Waals surface area contributed by atoms with Gasteiger partial charge in [0.05, 0.1) is 12.1 Å². The Kier molecular flexibility index (Phi) is 5.74. The van der Waals surface area contributed by atoms with Gasteiger partial charge in [-0.1, -0.05) is 18.6 Å². The fraction of sp³-hybridized carbons (Fsp3) is 0.632. The normalized spacial score (nSPS) is 24.7. The van der Waals surface area contributed by atoms with Crippen molar-refractivity contribution in [3.05, 3.63) is 29.8 Å². The minimum absolute atomic E-state index is 0.163. The molecule has 0 radical (unpaired) electrons. The average Bonchev–Trinajstić information content (AvgIpc) is 3.01. The van der Waals surface area contributed by atoms with E-state index in [1.807, 2.05) is 19.1 Å². The average molecular weight is 331 g/mol. The molecule has 0 unspecified atom stereocenters. The van der Waals surface area contributed by atoms with E-state index in [1.54, 1.807) is 0 Å². The van der Waals surface area contributed by atoms with E-state index < -0.39 is 0 Å². The third-order valence-electron chi connectivity index (χ3n) is 5.01. The Morgan fingerprint density at radius 2 is 1.96 bits per heavy atom. The van der Waals surface area contributed by atoms with Crippen molar-refractivity contribution in [3.63, 3.8) is 0 Å². The molecule has 2 heterocycles. The van der Waals surface area contributed by atoms with Gasteiger partial charge in [-0.3, -0.25) is 0 Å². The SMILES string of the molecule is C[C@]1(NC(=O)Nc2ccc(CCN3CCCCC3)cc2)CCOC1. The third kappa shape index (κ3) is 4.95. The first-order valence-corrected chi connectivity index (χ1v) is 9.11. The predicted molar refractivity (Wildman–Crippen MR) is 96.4 cm³/mol. The zero-order chi connectivity index (χ0) is 16.8. The highest BCUT2D eigenvalue weighted by atomic mass is 16.5. The van der Waals surface area contributed by atoms with Crippen molar-refractivity contribution in [2.24, 2.45) is 0 Å². The number of rotatable bonds is 5. The van der Waals surface area contributed by atoms with Gasteiger partial charge in [-0.25, -0.2) is 4.79 Å². The van der Waals surface area contributed by atoms with E-state index in [0.29, 0.717) is 13.2 Å². The summed E-state index contributed by atoms with van der Waals surface area (Å²) in [5.74, 6) is 0. The number of benzene rings is 1. The Morgan fingerprint density at radius 3 is 2.62 bits per heavy atom. The number of nitrogens with one attached hydrogen (secondary N) is 2. The van der Waals surface area contributed by atoms with Crippen LogP contribution in [-0.2, 0) is 11.2 Å². The highest BCUT2D eigenvalue weighted by Gasteiger charge is 2.31. The van der Waals surface area contributed by atoms with E-state index in [0.717, 1.165) is 25.1 Å². The van der Waals surface area contributed by atoms with Crippen LogP contribution < -0.4 is 10.6 Å². The number of urea groups is 1. The summed E-state index contributed by atoms with van der Waals surface area (Å²) in [6.45, 7) is 6.91. The molecule has 1 aromatic rings. The zero-order valence-corrected chi connectivity index (χ0v) is 14.6. The highest BCUT2D eigenvalue weighted by molar-refractivity contribution is 5.89. The summed E-state index contributed by atoms with van der Waals surface area (Å²) in [5.41, 5.74) is 1.90. The van der Waals surface area contributed by atoms with E-state index in [-0.39, 0.29) is 11.6 Å². The number of nitrogens with zero attached hydrogens (tertiary/aromatic N) is 1. The lowest BCUT2D eigenvalue weighted by atomic mass is 10.0. The van der Waals surface area contributed by atoms with Crippen LogP contribution in [-0.4, -0.2) is 49.3 Å². The van der Waals surface area contributed by atoms with Crippen molar-refractivity contribution >= 4 is 11.7 Å². The van der Waals surface area contributed by atoms with Crippen molar-refractivity contribution < 1.29 is 9.53 Å². The molecule has 2 aliphatic heterocycles. The quantitative estimate of drug-likeness (QED) is 0.872. The van der Waals surface area contributed by atoms with E-state index in [1.165, 1.54) is 37.9 Å². The number of ether oxygens (including phenoxy) is 1. The molecule has 2 fully saturated rings. The Balaban J connectivity index is 1.44. The summed E-state index contributed by atoms with van der Waals surface area (Å²) in [5, 5.41) is 5.92. The number of amides is 2. The zero-order valence-electron chi connectivity index (χ0n) is 14.6. The number of carbonyl (C=O) groups excluding carboxylic acids is 1. The Hall–Kier alpha value is -1.59. The van der Waals surface area contributed by atoms with E-state index in [9.17, 15) is 4.79 Å². The Morgan fingerprint density at radius 1 is 1.21 bits per heavy atom. The molecule has 0 aromatic heterocycles. The molecule has 24 heavy (non-hydrogen) atoms. The molecule has 2 amide bonds. The fourth-order valence-electron chi connectivity index (χ4n) is 3.43. The van der Waals surface area contributed by atoms with Crippen LogP contribution in [0, 0.1) is 0 Å². The molecule has 2 saturated heterocycles. The summed E-state index contributed by atoms with van der Waals surface area (Å²) < 4.78 is 5.36. The molecule has 0 saturated carbocycles. The van der Waals surface area contributed by atoms with Gasteiger partial charge in [0.25, 0.3) is 0 Å². The van der Waals surface area contributed by atoms with Gasteiger partial charge in [0, 0.05) is 18.8 Å². The first-order chi connectivity index (χ1) is 11.6. The van der Waals surface area contributed by atoms with Crippen LogP contribution in [0.15, 0.2) is 24.3 Å². The van der Waals surface area contributed by atoms with Crippen LogP contribution in [0.5, 0.6) is 0 Å². The van der Waals surface area contributed by atoms with Crippen LogP contribution in [0.1, 0.15) is 38.2 Å². The number of hydrogen-bond acceptors (Lipinski definition) is 3. The number of likely N-dealkylation sites (tertiary alicyclic amines) is 1. The molecule has 2 aliphatic rings. The maximum absolute atomic E-state index is 12.1. The first kappa shape index (κ1) is 17.2. The van der Waals surface area contributed by atoms with Gasteiger partial charge in [-0.2, -0.15) is 0 Å². The highest BCUT2D eigenvalue weighted by Crippen LogP contribution is 2.18. The molecule has 1 atom stereocenters. The molecule has 1 aromatic carbocycles. The Labute approximate surface area is 144 Å².